The summed E-state index contributed by atoms with van der Waals surface area (Å²) >= 11 is 0. The van der Waals surface area contributed by atoms with Crippen molar-refractivity contribution in [2.24, 2.45) is 11.8 Å². The standard InChI is InChI=1S/C15H22FNO/c1-11-7-8-15(10-18,12(2)9-11)17-14-6-4-3-5-13(14)16/h3-6,11-12,17-18H,7-10H2,1-2H3. The van der Waals surface area contributed by atoms with Crippen LogP contribution >= 0.6 is 0 Å². The van der Waals surface area contributed by atoms with Crippen molar-refractivity contribution in [3.05, 3.63) is 30.1 Å². The Bertz CT molecular complexity index is 409. The lowest BCUT2D eigenvalue weighted by Crippen LogP contribution is -2.51. The molecule has 0 amide bonds. The molecule has 0 spiro atoms. The molecule has 0 aromatic heterocycles. The van der Waals surface area contributed by atoms with Crippen LogP contribution in [0.5, 0.6) is 0 Å². The van der Waals surface area contributed by atoms with E-state index in [1.807, 2.05) is 6.07 Å². The molecule has 1 aromatic carbocycles. The molecule has 0 bridgehead atoms. The molecule has 2 nitrogen and oxygen atoms in total. The Hall–Kier alpha value is -1.09. The van der Waals surface area contributed by atoms with Crippen molar-refractivity contribution in [1.29, 1.82) is 0 Å². The van der Waals surface area contributed by atoms with E-state index in [1.165, 1.54) is 6.07 Å². The molecule has 1 aromatic rings. The Morgan fingerprint density at radius 3 is 2.72 bits per heavy atom. The van der Waals surface area contributed by atoms with Gasteiger partial charge >= 0.3 is 0 Å². The van der Waals surface area contributed by atoms with Gasteiger partial charge < -0.3 is 10.4 Å². The molecule has 0 heterocycles. The van der Waals surface area contributed by atoms with E-state index in [2.05, 4.69) is 19.2 Å². The van der Waals surface area contributed by atoms with E-state index in [-0.39, 0.29) is 18.0 Å². The van der Waals surface area contributed by atoms with E-state index in [0.717, 1.165) is 19.3 Å². The number of aliphatic hydroxyl groups excluding tert-OH is 1. The van der Waals surface area contributed by atoms with Gasteiger partial charge in [0.05, 0.1) is 17.8 Å². The van der Waals surface area contributed by atoms with Gasteiger partial charge in [0.1, 0.15) is 5.82 Å². The largest absolute Gasteiger partial charge is 0.394 e. The van der Waals surface area contributed by atoms with Crippen LogP contribution in [-0.2, 0) is 0 Å². The minimum absolute atomic E-state index is 0.0508. The van der Waals surface area contributed by atoms with Crippen molar-refractivity contribution in [3.8, 4) is 0 Å². The average Bonchev–Trinajstić information content (AvgIpc) is 2.36. The lowest BCUT2D eigenvalue weighted by atomic mass is 9.70. The van der Waals surface area contributed by atoms with Crippen molar-refractivity contribution >= 4 is 5.69 Å². The molecule has 2 N–H and O–H groups in total. The van der Waals surface area contributed by atoms with Crippen LogP contribution in [0.15, 0.2) is 24.3 Å². The van der Waals surface area contributed by atoms with Gasteiger partial charge in [-0.1, -0.05) is 26.0 Å². The Labute approximate surface area is 108 Å². The summed E-state index contributed by atoms with van der Waals surface area (Å²) in [5, 5.41) is 13.0. The van der Waals surface area contributed by atoms with Crippen LogP contribution in [0.4, 0.5) is 10.1 Å². The molecule has 1 aliphatic carbocycles. The number of para-hydroxylation sites is 1. The number of aliphatic hydroxyl groups is 1. The Balaban J connectivity index is 2.21. The first-order valence-electron chi connectivity index (χ1n) is 6.71. The summed E-state index contributed by atoms with van der Waals surface area (Å²) in [4.78, 5) is 0. The molecule has 0 radical (unpaired) electrons. The summed E-state index contributed by atoms with van der Waals surface area (Å²) in [6.45, 7) is 4.43. The summed E-state index contributed by atoms with van der Waals surface area (Å²) in [7, 11) is 0. The van der Waals surface area contributed by atoms with E-state index < -0.39 is 0 Å². The number of halogens is 1. The van der Waals surface area contributed by atoms with Crippen molar-refractivity contribution in [3.63, 3.8) is 0 Å². The number of hydrogen-bond acceptors (Lipinski definition) is 2. The van der Waals surface area contributed by atoms with Crippen molar-refractivity contribution in [2.75, 3.05) is 11.9 Å². The van der Waals surface area contributed by atoms with E-state index >= 15 is 0 Å². The van der Waals surface area contributed by atoms with E-state index in [0.29, 0.717) is 17.5 Å². The highest BCUT2D eigenvalue weighted by Gasteiger charge is 2.40. The van der Waals surface area contributed by atoms with Crippen LogP contribution in [0.1, 0.15) is 33.1 Å². The van der Waals surface area contributed by atoms with E-state index in [9.17, 15) is 9.50 Å². The molecule has 18 heavy (non-hydrogen) atoms. The molecule has 3 atom stereocenters. The van der Waals surface area contributed by atoms with Gasteiger partial charge in [0.15, 0.2) is 0 Å². The lowest BCUT2D eigenvalue weighted by Gasteiger charge is -2.45. The minimum atomic E-state index is -0.380. The molecule has 1 saturated carbocycles. The topological polar surface area (TPSA) is 32.3 Å². The number of nitrogens with one attached hydrogen (secondary N) is 1. The number of anilines is 1. The summed E-state index contributed by atoms with van der Waals surface area (Å²) in [5.41, 5.74) is 0.113. The third-order valence-electron chi connectivity index (χ3n) is 4.32. The normalized spacial score (nSPS) is 32.2. The molecule has 0 saturated heterocycles. The van der Waals surface area contributed by atoms with Gasteiger partial charge in [0.25, 0.3) is 0 Å². The predicted octanol–water partition coefficient (Wildman–Crippen LogP) is 3.42. The summed E-state index contributed by atoms with van der Waals surface area (Å²) < 4.78 is 13.7. The monoisotopic (exact) mass is 251 g/mol. The molecule has 1 aliphatic rings. The number of hydrogen-bond donors (Lipinski definition) is 2. The summed E-state index contributed by atoms with van der Waals surface area (Å²) in [6.07, 6.45) is 3.04. The summed E-state index contributed by atoms with van der Waals surface area (Å²) in [6, 6.07) is 6.67. The smallest absolute Gasteiger partial charge is 0.146 e. The van der Waals surface area contributed by atoms with Crippen LogP contribution in [0, 0.1) is 17.7 Å². The molecule has 0 aliphatic heterocycles. The zero-order chi connectivity index (χ0) is 13.2. The van der Waals surface area contributed by atoms with Crippen LogP contribution in [0.25, 0.3) is 0 Å². The third-order valence-corrected chi connectivity index (χ3v) is 4.32. The Morgan fingerprint density at radius 1 is 1.39 bits per heavy atom. The maximum absolute atomic E-state index is 13.7. The second-order valence-corrected chi connectivity index (χ2v) is 5.70. The fourth-order valence-electron chi connectivity index (χ4n) is 2.99. The van der Waals surface area contributed by atoms with Gasteiger partial charge in [0.2, 0.25) is 0 Å². The molecular weight excluding hydrogens is 229 g/mol. The van der Waals surface area contributed by atoms with Gasteiger partial charge in [-0.05, 0) is 43.2 Å². The van der Waals surface area contributed by atoms with Crippen LogP contribution in [-0.4, -0.2) is 17.3 Å². The predicted molar refractivity (Wildman–Crippen MR) is 72.0 cm³/mol. The molecule has 2 rings (SSSR count). The quantitative estimate of drug-likeness (QED) is 0.862. The van der Waals surface area contributed by atoms with Crippen LogP contribution in [0.3, 0.4) is 0 Å². The second-order valence-electron chi connectivity index (χ2n) is 5.70. The Morgan fingerprint density at radius 2 is 2.11 bits per heavy atom. The Kier molecular flexibility index (Phi) is 3.91. The van der Waals surface area contributed by atoms with Crippen molar-refractivity contribution in [2.45, 2.75) is 38.6 Å². The fourth-order valence-corrected chi connectivity index (χ4v) is 2.99. The van der Waals surface area contributed by atoms with Crippen LogP contribution < -0.4 is 5.32 Å². The zero-order valence-electron chi connectivity index (χ0n) is 11.1. The lowest BCUT2D eigenvalue weighted by molar-refractivity contribution is 0.106. The molecular formula is C15H22FNO. The molecule has 3 unspecified atom stereocenters. The molecule has 3 heteroatoms. The van der Waals surface area contributed by atoms with Crippen molar-refractivity contribution in [1.82, 2.24) is 0 Å². The van der Waals surface area contributed by atoms with Gasteiger partial charge in [-0.15, -0.1) is 0 Å². The van der Waals surface area contributed by atoms with Gasteiger partial charge in [0, 0.05) is 0 Å². The molecule has 1 fully saturated rings. The highest BCUT2D eigenvalue weighted by molar-refractivity contribution is 5.47. The number of rotatable bonds is 3. The SMILES string of the molecule is CC1CCC(CO)(Nc2ccccc2F)C(C)C1. The summed E-state index contributed by atoms with van der Waals surface area (Å²) in [5.74, 6) is 0.768. The van der Waals surface area contributed by atoms with Crippen molar-refractivity contribution < 1.29 is 9.50 Å². The van der Waals surface area contributed by atoms with E-state index in [4.69, 9.17) is 0 Å². The number of benzene rings is 1. The fraction of sp³-hybridized carbons (Fsp3) is 0.600. The molecule has 100 valence electrons. The van der Waals surface area contributed by atoms with E-state index in [1.54, 1.807) is 12.1 Å². The van der Waals surface area contributed by atoms with Crippen LogP contribution in [0.2, 0.25) is 0 Å². The first-order valence-corrected chi connectivity index (χ1v) is 6.71. The maximum Gasteiger partial charge on any atom is 0.146 e. The highest BCUT2D eigenvalue weighted by Crippen LogP contribution is 2.39. The van der Waals surface area contributed by atoms with Gasteiger partial charge in [-0.3, -0.25) is 0 Å². The second kappa shape index (κ2) is 5.27. The average molecular weight is 251 g/mol. The first kappa shape index (κ1) is 13.3. The maximum atomic E-state index is 13.7. The van der Waals surface area contributed by atoms with Gasteiger partial charge in [-0.2, -0.15) is 0 Å². The first-order chi connectivity index (χ1) is 8.57. The third kappa shape index (κ3) is 2.51. The highest BCUT2D eigenvalue weighted by atomic mass is 19.1. The zero-order valence-corrected chi connectivity index (χ0v) is 11.1. The van der Waals surface area contributed by atoms with Gasteiger partial charge in [-0.25, -0.2) is 4.39 Å². The minimum Gasteiger partial charge on any atom is -0.394 e.